The lowest BCUT2D eigenvalue weighted by Crippen LogP contribution is -2.19. The number of primary amides is 1. The SMILES string of the molecule is N#CC(=Cc1c(Cl)cccc1Cl)C(=O)Nc1sc2c(c1C(N)=O)CCCC2. The van der Waals surface area contributed by atoms with Crippen LogP contribution in [0.25, 0.3) is 6.08 Å². The highest BCUT2D eigenvalue weighted by molar-refractivity contribution is 7.17. The van der Waals surface area contributed by atoms with Gasteiger partial charge in [-0.15, -0.1) is 11.3 Å². The van der Waals surface area contributed by atoms with Gasteiger partial charge >= 0.3 is 0 Å². The Bertz CT molecular complexity index is 985. The van der Waals surface area contributed by atoms with Crippen molar-refractivity contribution in [3.8, 4) is 6.07 Å². The van der Waals surface area contributed by atoms with Gasteiger partial charge < -0.3 is 11.1 Å². The Morgan fingerprint density at radius 3 is 2.52 bits per heavy atom. The number of hydrogen-bond donors (Lipinski definition) is 2. The number of fused-ring (bicyclic) bond motifs is 1. The summed E-state index contributed by atoms with van der Waals surface area (Å²) in [5, 5.41) is 13.1. The van der Waals surface area contributed by atoms with E-state index in [-0.39, 0.29) is 5.57 Å². The third-order valence-electron chi connectivity index (χ3n) is 4.30. The van der Waals surface area contributed by atoms with Crippen LogP contribution >= 0.6 is 34.5 Å². The van der Waals surface area contributed by atoms with Gasteiger partial charge in [0.05, 0.1) is 5.56 Å². The Balaban J connectivity index is 1.95. The van der Waals surface area contributed by atoms with Gasteiger partial charge in [0.25, 0.3) is 11.8 Å². The van der Waals surface area contributed by atoms with Gasteiger partial charge in [0.1, 0.15) is 16.6 Å². The molecule has 1 aromatic heterocycles. The largest absolute Gasteiger partial charge is 0.365 e. The monoisotopic (exact) mass is 419 g/mol. The van der Waals surface area contributed by atoms with Gasteiger partial charge in [0.2, 0.25) is 0 Å². The molecule has 5 nitrogen and oxygen atoms in total. The second-order valence-electron chi connectivity index (χ2n) is 6.04. The predicted molar refractivity (Wildman–Crippen MR) is 108 cm³/mol. The van der Waals surface area contributed by atoms with Crippen molar-refractivity contribution in [3.63, 3.8) is 0 Å². The maximum atomic E-state index is 12.6. The number of nitrogens with two attached hydrogens (primary N) is 1. The van der Waals surface area contributed by atoms with E-state index in [1.165, 1.54) is 17.4 Å². The number of amides is 2. The van der Waals surface area contributed by atoms with Gasteiger partial charge in [-0.05, 0) is 49.5 Å². The van der Waals surface area contributed by atoms with Crippen molar-refractivity contribution in [2.75, 3.05) is 5.32 Å². The summed E-state index contributed by atoms with van der Waals surface area (Å²) in [6, 6.07) is 6.76. The molecule has 0 aliphatic heterocycles. The van der Waals surface area contributed by atoms with Gasteiger partial charge in [-0.3, -0.25) is 9.59 Å². The Kier molecular flexibility index (Phi) is 5.85. The van der Waals surface area contributed by atoms with Crippen LogP contribution in [0.2, 0.25) is 10.0 Å². The zero-order valence-corrected chi connectivity index (χ0v) is 16.5. The van der Waals surface area contributed by atoms with Crippen LogP contribution in [0.15, 0.2) is 23.8 Å². The highest BCUT2D eigenvalue weighted by atomic mass is 35.5. The number of hydrogen-bond acceptors (Lipinski definition) is 4. The number of carbonyl (C=O) groups is 2. The normalized spacial score (nSPS) is 13.6. The van der Waals surface area contributed by atoms with Gasteiger partial charge in [0, 0.05) is 20.5 Å². The molecule has 1 heterocycles. The van der Waals surface area contributed by atoms with E-state index in [4.69, 9.17) is 28.9 Å². The third kappa shape index (κ3) is 4.01. The molecule has 0 bridgehead atoms. The summed E-state index contributed by atoms with van der Waals surface area (Å²) >= 11 is 13.5. The van der Waals surface area contributed by atoms with Crippen molar-refractivity contribution in [1.29, 1.82) is 5.26 Å². The standard InChI is InChI=1S/C19H15Cl2N3O2S/c20-13-5-3-6-14(21)12(13)8-10(9-22)18(26)24-19-16(17(23)25)11-4-1-2-7-15(11)27-19/h3,5-6,8H,1-2,4,7H2,(H2,23,25)(H,24,26). The fraction of sp³-hybridized carbons (Fsp3) is 0.211. The molecule has 0 spiro atoms. The lowest BCUT2D eigenvalue weighted by Gasteiger charge is -2.11. The average Bonchev–Trinajstić information content (AvgIpc) is 2.99. The lowest BCUT2D eigenvalue weighted by molar-refractivity contribution is -0.112. The number of rotatable bonds is 4. The molecule has 0 unspecified atom stereocenters. The number of nitriles is 1. The second-order valence-corrected chi connectivity index (χ2v) is 7.96. The average molecular weight is 420 g/mol. The number of benzene rings is 1. The first-order valence-electron chi connectivity index (χ1n) is 8.24. The van der Waals surface area contributed by atoms with Crippen molar-refractivity contribution in [2.45, 2.75) is 25.7 Å². The Morgan fingerprint density at radius 1 is 1.22 bits per heavy atom. The molecule has 0 fully saturated rings. The highest BCUT2D eigenvalue weighted by Gasteiger charge is 2.25. The number of halogens is 2. The van der Waals surface area contributed by atoms with Crippen LogP contribution in [-0.2, 0) is 17.6 Å². The fourth-order valence-corrected chi connectivity index (χ4v) is 4.82. The fourth-order valence-electron chi connectivity index (χ4n) is 3.03. The number of nitrogens with zero attached hydrogens (tertiary/aromatic N) is 1. The molecular formula is C19H15Cl2N3O2S. The van der Waals surface area contributed by atoms with E-state index in [0.717, 1.165) is 36.1 Å². The van der Waals surface area contributed by atoms with Crippen molar-refractivity contribution < 1.29 is 9.59 Å². The van der Waals surface area contributed by atoms with Crippen molar-refractivity contribution in [2.24, 2.45) is 5.73 Å². The number of carbonyl (C=O) groups excluding carboxylic acids is 2. The third-order valence-corrected chi connectivity index (χ3v) is 6.16. The molecule has 27 heavy (non-hydrogen) atoms. The van der Waals surface area contributed by atoms with Gasteiger partial charge in [-0.2, -0.15) is 5.26 Å². The van der Waals surface area contributed by atoms with E-state index >= 15 is 0 Å². The Morgan fingerprint density at radius 2 is 1.89 bits per heavy atom. The van der Waals surface area contributed by atoms with Crippen LogP contribution in [0.4, 0.5) is 5.00 Å². The molecule has 1 aliphatic carbocycles. The summed E-state index contributed by atoms with van der Waals surface area (Å²) in [6.07, 6.45) is 4.96. The van der Waals surface area contributed by atoms with Gasteiger partial charge in [-0.1, -0.05) is 29.3 Å². The number of anilines is 1. The van der Waals surface area contributed by atoms with Crippen LogP contribution in [0.5, 0.6) is 0 Å². The van der Waals surface area contributed by atoms with E-state index in [1.54, 1.807) is 18.2 Å². The molecule has 0 atom stereocenters. The molecule has 1 aliphatic rings. The molecule has 1 aromatic carbocycles. The minimum Gasteiger partial charge on any atom is -0.365 e. The summed E-state index contributed by atoms with van der Waals surface area (Å²) in [7, 11) is 0. The summed E-state index contributed by atoms with van der Waals surface area (Å²) in [6.45, 7) is 0. The summed E-state index contributed by atoms with van der Waals surface area (Å²) in [5.41, 5.74) is 6.99. The molecule has 2 amide bonds. The van der Waals surface area contributed by atoms with Crippen molar-refractivity contribution in [3.05, 3.63) is 55.4 Å². The zero-order chi connectivity index (χ0) is 19.6. The number of nitrogens with one attached hydrogen (secondary N) is 1. The van der Waals surface area contributed by atoms with E-state index < -0.39 is 11.8 Å². The number of aryl methyl sites for hydroxylation is 1. The molecule has 2 aromatic rings. The molecule has 0 saturated heterocycles. The van der Waals surface area contributed by atoms with Crippen LogP contribution < -0.4 is 11.1 Å². The quantitative estimate of drug-likeness (QED) is 0.560. The Hall–Kier alpha value is -2.33. The zero-order valence-electron chi connectivity index (χ0n) is 14.1. The van der Waals surface area contributed by atoms with E-state index in [2.05, 4.69) is 5.32 Å². The van der Waals surface area contributed by atoms with Gasteiger partial charge in [0.15, 0.2) is 0 Å². The molecule has 3 N–H and O–H groups in total. The second kappa shape index (κ2) is 8.13. The topological polar surface area (TPSA) is 96.0 Å². The molecule has 3 rings (SSSR count). The molecule has 8 heteroatoms. The minimum absolute atomic E-state index is 0.174. The van der Waals surface area contributed by atoms with Crippen LogP contribution in [0, 0.1) is 11.3 Å². The van der Waals surface area contributed by atoms with Crippen molar-refractivity contribution in [1.82, 2.24) is 0 Å². The summed E-state index contributed by atoms with van der Waals surface area (Å²) in [5.74, 6) is -1.23. The smallest absolute Gasteiger partial charge is 0.266 e. The van der Waals surface area contributed by atoms with Gasteiger partial charge in [-0.25, -0.2) is 0 Å². The Labute approximate surface area is 170 Å². The van der Waals surface area contributed by atoms with Crippen LogP contribution in [0.1, 0.15) is 39.2 Å². The molecule has 138 valence electrons. The lowest BCUT2D eigenvalue weighted by atomic mass is 9.95. The maximum absolute atomic E-state index is 12.6. The maximum Gasteiger partial charge on any atom is 0.266 e. The minimum atomic E-state index is -0.644. The van der Waals surface area contributed by atoms with E-state index in [9.17, 15) is 14.9 Å². The summed E-state index contributed by atoms with van der Waals surface area (Å²) < 4.78 is 0. The molecule has 0 radical (unpaired) electrons. The number of thiophene rings is 1. The van der Waals surface area contributed by atoms with E-state index in [1.807, 2.05) is 6.07 Å². The summed E-state index contributed by atoms with van der Waals surface area (Å²) in [4.78, 5) is 25.6. The predicted octanol–water partition coefficient (Wildman–Crippen LogP) is 4.58. The first-order chi connectivity index (χ1) is 12.9. The van der Waals surface area contributed by atoms with E-state index in [0.29, 0.717) is 26.2 Å². The molecule has 0 saturated carbocycles. The van der Waals surface area contributed by atoms with Crippen molar-refractivity contribution >= 4 is 57.4 Å². The first-order valence-corrected chi connectivity index (χ1v) is 9.81. The van der Waals surface area contributed by atoms with Crippen LogP contribution in [0.3, 0.4) is 0 Å². The van der Waals surface area contributed by atoms with Crippen LogP contribution in [-0.4, -0.2) is 11.8 Å². The highest BCUT2D eigenvalue weighted by Crippen LogP contribution is 2.38. The molecular weight excluding hydrogens is 405 g/mol. The first kappa shape index (κ1) is 19.4.